The molecule has 0 radical (unpaired) electrons. The summed E-state index contributed by atoms with van der Waals surface area (Å²) in [6.07, 6.45) is 0. The number of benzene rings is 4. The third-order valence-corrected chi connectivity index (χ3v) is 7.28. The van der Waals surface area contributed by atoms with E-state index in [1.54, 1.807) is 7.11 Å². The molecule has 0 aromatic heterocycles. The van der Waals surface area contributed by atoms with Crippen molar-refractivity contribution in [1.82, 2.24) is 0 Å². The first-order valence-electron chi connectivity index (χ1n) is 13.3. The molecule has 0 fully saturated rings. The Bertz CT molecular complexity index is 1420. The second-order valence-corrected chi connectivity index (χ2v) is 10.2. The fourth-order valence-electron chi connectivity index (χ4n) is 5.40. The summed E-state index contributed by atoms with van der Waals surface area (Å²) in [7, 11) is 1.67. The van der Waals surface area contributed by atoms with E-state index in [9.17, 15) is 5.11 Å². The zero-order chi connectivity index (χ0) is 26.9. The Morgan fingerprint density at radius 3 is 2.21 bits per heavy atom. The Balaban J connectivity index is 1.72. The summed E-state index contributed by atoms with van der Waals surface area (Å²) in [5.74, 6) is 2.14. The normalized spacial score (nSPS) is 14.2. The fraction of sp³-hybridized carbons (Fsp3) is 0.273. The van der Waals surface area contributed by atoms with Crippen LogP contribution in [0.4, 0.5) is 17.1 Å². The molecule has 0 saturated carbocycles. The smallest absolute Gasteiger partial charge is 0.146 e. The Morgan fingerprint density at radius 1 is 0.842 bits per heavy atom. The van der Waals surface area contributed by atoms with E-state index in [0.29, 0.717) is 5.75 Å². The van der Waals surface area contributed by atoms with Crippen molar-refractivity contribution in [2.45, 2.75) is 39.2 Å². The highest BCUT2D eigenvalue weighted by molar-refractivity contribution is 5.73. The zero-order valence-corrected chi connectivity index (χ0v) is 22.8. The lowest BCUT2D eigenvalue weighted by Crippen LogP contribution is -2.23. The molecular formula is C33H36N2O3. The Kier molecular flexibility index (Phi) is 7.04. The minimum Gasteiger partial charge on any atom is -0.494 e. The van der Waals surface area contributed by atoms with Gasteiger partial charge >= 0.3 is 0 Å². The van der Waals surface area contributed by atoms with E-state index in [1.807, 2.05) is 68.4 Å². The Hall–Kier alpha value is -3.96. The highest BCUT2D eigenvalue weighted by atomic mass is 16.5. The molecule has 1 heterocycles. The highest BCUT2D eigenvalue weighted by Gasteiger charge is 2.34. The molecule has 2 N–H and O–H groups in total. The van der Waals surface area contributed by atoms with E-state index in [4.69, 9.17) is 9.47 Å². The minimum atomic E-state index is -1.01. The van der Waals surface area contributed by atoms with E-state index in [-0.39, 0.29) is 5.92 Å². The molecule has 5 heteroatoms. The molecule has 196 valence electrons. The maximum Gasteiger partial charge on any atom is 0.146 e. The number of ether oxygens (including phenoxy) is 2. The van der Waals surface area contributed by atoms with Crippen LogP contribution in [-0.4, -0.2) is 25.3 Å². The van der Waals surface area contributed by atoms with E-state index < -0.39 is 5.60 Å². The van der Waals surface area contributed by atoms with Crippen LogP contribution in [0.1, 0.15) is 55.9 Å². The summed E-state index contributed by atoms with van der Waals surface area (Å²) >= 11 is 0. The number of rotatable bonds is 8. The lowest BCUT2D eigenvalue weighted by atomic mass is 9.77. The van der Waals surface area contributed by atoms with Gasteiger partial charge in [-0.25, -0.2) is 0 Å². The molecule has 0 saturated heterocycles. The van der Waals surface area contributed by atoms with Gasteiger partial charge in [-0.15, -0.1) is 0 Å². The summed E-state index contributed by atoms with van der Waals surface area (Å²) in [6.45, 7) is 9.83. The topological polar surface area (TPSA) is 54.0 Å². The van der Waals surface area contributed by atoms with Crippen LogP contribution in [0, 0.1) is 0 Å². The molecule has 4 aromatic rings. The molecule has 1 atom stereocenters. The summed E-state index contributed by atoms with van der Waals surface area (Å²) in [4.78, 5) is 2.31. The van der Waals surface area contributed by atoms with Crippen molar-refractivity contribution in [3.8, 4) is 17.2 Å². The van der Waals surface area contributed by atoms with E-state index >= 15 is 0 Å². The number of hydrogen-bond donors (Lipinski definition) is 2. The van der Waals surface area contributed by atoms with Crippen LogP contribution in [0.3, 0.4) is 0 Å². The summed E-state index contributed by atoms with van der Waals surface area (Å²) < 4.78 is 12.4. The van der Waals surface area contributed by atoms with Gasteiger partial charge in [0.25, 0.3) is 0 Å². The van der Waals surface area contributed by atoms with Gasteiger partial charge in [0.05, 0.1) is 18.4 Å². The van der Waals surface area contributed by atoms with Gasteiger partial charge in [0.15, 0.2) is 0 Å². The van der Waals surface area contributed by atoms with E-state index in [2.05, 4.69) is 54.4 Å². The molecule has 1 aliphatic heterocycles. The van der Waals surface area contributed by atoms with Crippen LogP contribution in [0.15, 0.2) is 84.9 Å². The van der Waals surface area contributed by atoms with E-state index in [1.165, 1.54) is 0 Å². The lowest BCUT2D eigenvalue weighted by Gasteiger charge is -2.34. The monoisotopic (exact) mass is 508 g/mol. The molecule has 38 heavy (non-hydrogen) atoms. The number of aliphatic hydroxyl groups is 1. The first kappa shape index (κ1) is 25.7. The molecule has 0 aliphatic carbocycles. The van der Waals surface area contributed by atoms with Crippen molar-refractivity contribution in [1.29, 1.82) is 0 Å². The van der Waals surface area contributed by atoms with Gasteiger partial charge in [-0.2, -0.15) is 0 Å². The van der Waals surface area contributed by atoms with Gasteiger partial charge in [0.2, 0.25) is 0 Å². The average Bonchev–Trinajstić information content (AvgIpc) is 2.92. The Morgan fingerprint density at radius 2 is 1.53 bits per heavy atom. The predicted molar refractivity (Wildman–Crippen MR) is 155 cm³/mol. The van der Waals surface area contributed by atoms with Crippen molar-refractivity contribution in [3.05, 3.63) is 107 Å². The number of para-hydroxylation sites is 1. The molecule has 1 unspecified atom stereocenters. The number of hydrogen-bond acceptors (Lipinski definition) is 5. The highest BCUT2D eigenvalue weighted by Crippen LogP contribution is 2.52. The Labute approximate surface area is 225 Å². The quantitative estimate of drug-likeness (QED) is 0.224. The van der Waals surface area contributed by atoms with Crippen molar-refractivity contribution in [2.24, 2.45) is 0 Å². The summed E-state index contributed by atoms with van der Waals surface area (Å²) in [6, 6.07) is 28.8. The maximum absolute atomic E-state index is 11.1. The first-order valence-corrected chi connectivity index (χ1v) is 13.3. The summed E-state index contributed by atoms with van der Waals surface area (Å²) in [5, 5.41) is 14.7. The summed E-state index contributed by atoms with van der Waals surface area (Å²) in [5.41, 5.74) is 5.98. The minimum absolute atomic E-state index is 0.135. The SMILES string of the molecule is CCN(CC)c1ccc2c(c1)Oc1cc(OC)c(Nc3ccccc3)cc1C2c1ccccc1C(C)(C)O. The number of nitrogens with one attached hydrogen (secondary N) is 1. The van der Waals surface area contributed by atoms with Crippen LogP contribution in [0.5, 0.6) is 17.2 Å². The second kappa shape index (κ2) is 10.4. The van der Waals surface area contributed by atoms with Gasteiger partial charge < -0.3 is 24.8 Å². The third-order valence-electron chi connectivity index (χ3n) is 7.28. The average molecular weight is 509 g/mol. The van der Waals surface area contributed by atoms with Crippen LogP contribution in [0.2, 0.25) is 0 Å². The number of methoxy groups -OCH3 is 1. The largest absolute Gasteiger partial charge is 0.494 e. The van der Waals surface area contributed by atoms with Crippen molar-refractivity contribution in [2.75, 3.05) is 30.4 Å². The van der Waals surface area contributed by atoms with Crippen LogP contribution in [-0.2, 0) is 5.60 Å². The molecule has 4 aromatic carbocycles. The molecule has 1 aliphatic rings. The molecule has 0 amide bonds. The molecule has 0 spiro atoms. The second-order valence-electron chi connectivity index (χ2n) is 10.2. The van der Waals surface area contributed by atoms with Crippen LogP contribution in [0.25, 0.3) is 0 Å². The van der Waals surface area contributed by atoms with Crippen LogP contribution >= 0.6 is 0 Å². The molecule has 0 bridgehead atoms. The fourth-order valence-corrected chi connectivity index (χ4v) is 5.40. The molecular weight excluding hydrogens is 472 g/mol. The number of nitrogens with zero attached hydrogens (tertiary/aromatic N) is 1. The molecule has 5 rings (SSSR count). The molecule has 5 nitrogen and oxygen atoms in total. The van der Waals surface area contributed by atoms with Crippen LogP contribution < -0.4 is 19.7 Å². The van der Waals surface area contributed by atoms with Gasteiger partial charge in [0.1, 0.15) is 17.2 Å². The number of anilines is 3. The van der Waals surface area contributed by atoms with E-state index in [0.717, 1.165) is 63.9 Å². The van der Waals surface area contributed by atoms with Crippen molar-refractivity contribution in [3.63, 3.8) is 0 Å². The van der Waals surface area contributed by atoms with Crippen molar-refractivity contribution >= 4 is 17.1 Å². The third kappa shape index (κ3) is 4.82. The van der Waals surface area contributed by atoms with Gasteiger partial charge in [-0.3, -0.25) is 0 Å². The van der Waals surface area contributed by atoms with Gasteiger partial charge in [0, 0.05) is 53.6 Å². The van der Waals surface area contributed by atoms with Gasteiger partial charge in [-0.1, -0.05) is 48.5 Å². The lowest BCUT2D eigenvalue weighted by molar-refractivity contribution is 0.0775. The zero-order valence-electron chi connectivity index (χ0n) is 22.8. The number of fused-ring (bicyclic) bond motifs is 2. The maximum atomic E-state index is 11.1. The predicted octanol–water partition coefficient (Wildman–Crippen LogP) is 7.80. The van der Waals surface area contributed by atoms with Crippen molar-refractivity contribution < 1.29 is 14.6 Å². The first-order chi connectivity index (χ1) is 18.3. The standard InChI is InChI=1S/C33H36N2O3/c1-6-35(7-2)23-17-18-25-29(19-23)38-30-21-31(37-5)28(34-22-13-9-8-10-14-22)20-26(30)32(25)24-15-11-12-16-27(24)33(3,4)36/h8-21,32,34,36H,6-7H2,1-5H3. The van der Waals surface area contributed by atoms with Gasteiger partial charge in [-0.05, 0) is 63.1 Å².